The molecule has 0 saturated carbocycles. The van der Waals surface area contributed by atoms with Crippen LogP contribution in [0.3, 0.4) is 0 Å². The Hall–Kier alpha value is -1.95. The number of para-hydroxylation sites is 1. The molecule has 1 saturated heterocycles. The summed E-state index contributed by atoms with van der Waals surface area (Å²) in [6, 6.07) is 4.87. The number of carbonyl (C=O) groups is 1. The predicted octanol–water partition coefficient (Wildman–Crippen LogP) is 3.65. The fourth-order valence-corrected chi connectivity index (χ4v) is 4.47. The summed E-state index contributed by atoms with van der Waals surface area (Å²) in [6.45, 7) is 2.68. The van der Waals surface area contributed by atoms with Gasteiger partial charge in [-0.3, -0.25) is 4.79 Å². The average molecular weight is 346 g/mol. The summed E-state index contributed by atoms with van der Waals surface area (Å²) in [7, 11) is 0. The number of amides is 1. The van der Waals surface area contributed by atoms with E-state index in [1.165, 1.54) is 6.07 Å². The van der Waals surface area contributed by atoms with Crippen molar-refractivity contribution < 1.29 is 13.9 Å². The Morgan fingerprint density at radius 1 is 1.42 bits per heavy atom. The smallest absolute Gasteiger partial charge is 0.264 e. The molecule has 4 rings (SSSR count). The van der Waals surface area contributed by atoms with Crippen LogP contribution in [-0.2, 0) is 11.2 Å². The van der Waals surface area contributed by atoms with Crippen molar-refractivity contribution in [1.82, 2.24) is 9.88 Å². The van der Waals surface area contributed by atoms with Crippen molar-refractivity contribution in [2.45, 2.75) is 44.8 Å². The third-order valence-corrected chi connectivity index (χ3v) is 5.76. The lowest BCUT2D eigenvalue weighted by atomic mass is 10.0. The molecule has 0 N–H and O–H groups in total. The number of ether oxygens (including phenoxy) is 1. The molecule has 0 aliphatic carbocycles. The zero-order valence-electron chi connectivity index (χ0n) is 13.5. The second kappa shape index (κ2) is 6.16. The molecule has 1 aromatic carbocycles. The van der Waals surface area contributed by atoms with Crippen molar-refractivity contribution in [3.8, 4) is 5.75 Å². The Morgan fingerprint density at radius 2 is 2.29 bits per heavy atom. The standard InChI is InChI=1S/C18H19FN2O2S/c1-11-10-24-17(20-11)14-7-2-3-8-21(14)18(22)15-9-12-5-4-6-13(19)16(12)23-15/h4-6,10,14-15H,2-3,7-9H2,1H3/t14-,15-/m0/s1. The van der Waals surface area contributed by atoms with Crippen LogP contribution in [0.4, 0.5) is 4.39 Å². The monoisotopic (exact) mass is 346 g/mol. The van der Waals surface area contributed by atoms with Crippen LogP contribution in [0.25, 0.3) is 0 Å². The molecule has 3 heterocycles. The Labute approximate surface area is 144 Å². The van der Waals surface area contributed by atoms with E-state index in [-0.39, 0.29) is 17.7 Å². The van der Waals surface area contributed by atoms with Gasteiger partial charge in [-0.1, -0.05) is 12.1 Å². The number of aryl methyl sites for hydroxylation is 1. The maximum atomic E-state index is 13.9. The van der Waals surface area contributed by atoms with Gasteiger partial charge in [0.05, 0.1) is 6.04 Å². The van der Waals surface area contributed by atoms with Gasteiger partial charge >= 0.3 is 0 Å². The molecule has 0 spiro atoms. The van der Waals surface area contributed by atoms with Crippen molar-refractivity contribution in [2.24, 2.45) is 0 Å². The van der Waals surface area contributed by atoms with Crippen LogP contribution in [-0.4, -0.2) is 28.4 Å². The normalized spacial score (nSPS) is 23.0. The number of likely N-dealkylation sites (tertiary alicyclic amines) is 1. The Balaban J connectivity index is 1.56. The van der Waals surface area contributed by atoms with E-state index in [1.54, 1.807) is 17.4 Å². The Kier molecular flexibility index (Phi) is 4.00. The fraction of sp³-hybridized carbons (Fsp3) is 0.444. The van der Waals surface area contributed by atoms with Crippen molar-refractivity contribution in [3.63, 3.8) is 0 Å². The largest absolute Gasteiger partial charge is 0.477 e. The van der Waals surface area contributed by atoms with Gasteiger partial charge in [-0.2, -0.15) is 0 Å². The van der Waals surface area contributed by atoms with E-state index in [2.05, 4.69) is 4.98 Å². The number of benzene rings is 1. The lowest BCUT2D eigenvalue weighted by molar-refractivity contribution is -0.142. The molecule has 2 aliphatic rings. The summed E-state index contributed by atoms with van der Waals surface area (Å²) in [5.41, 5.74) is 1.76. The highest BCUT2D eigenvalue weighted by molar-refractivity contribution is 7.09. The van der Waals surface area contributed by atoms with Crippen molar-refractivity contribution >= 4 is 17.2 Å². The summed E-state index contributed by atoms with van der Waals surface area (Å²) >= 11 is 1.60. The molecule has 0 radical (unpaired) electrons. The highest BCUT2D eigenvalue weighted by Gasteiger charge is 2.38. The first kappa shape index (κ1) is 15.6. The lowest BCUT2D eigenvalue weighted by Crippen LogP contribution is -2.45. The first-order valence-corrected chi connectivity index (χ1v) is 9.18. The molecule has 126 valence electrons. The Morgan fingerprint density at radius 3 is 3.04 bits per heavy atom. The number of carbonyl (C=O) groups excluding carboxylic acids is 1. The van der Waals surface area contributed by atoms with Gasteiger partial charge < -0.3 is 9.64 Å². The van der Waals surface area contributed by atoms with Crippen LogP contribution in [0.15, 0.2) is 23.6 Å². The first-order valence-electron chi connectivity index (χ1n) is 8.30. The number of rotatable bonds is 2. The van der Waals surface area contributed by atoms with E-state index in [4.69, 9.17) is 4.74 Å². The molecule has 0 unspecified atom stereocenters. The highest BCUT2D eigenvalue weighted by Crippen LogP contribution is 2.36. The molecule has 1 amide bonds. The van der Waals surface area contributed by atoms with Gasteiger partial charge in [0.2, 0.25) is 0 Å². The van der Waals surface area contributed by atoms with Gasteiger partial charge in [0.15, 0.2) is 17.7 Å². The number of thiazole rings is 1. The van der Waals surface area contributed by atoms with Gasteiger partial charge in [0, 0.05) is 29.6 Å². The van der Waals surface area contributed by atoms with Crippen molar-refractivity contribution in [2.75, 3.05) is 6.54 Å². The highest BCUT2D eigenvalue weighted by atomic mass is 32.1. The minimum atomic E-state index is -0.626. The molecule has 6 heteroatoms. The zero-order chi connectivity index (χ0) is 16.7. The second-order valence-corrected chi connectivity index (χ2v) is 7.30. The van der Waals surface area contributed by atoms with Gasteiger partial charge in [-0.05, 0) is 32.3 Å². The first-order chi connectivity index (χ1) is 11.6. The van der Waals surface area contributed by atoms with Crippen LogP contribution >= 0.6 is 11.3 Å². The number of hydrogen-bond acceptors (Lipinski definition) is 4. The second-order valence-electron chi connectivity index (χ2n) is 6.41. The topological polar surface area (TPSA) is 42.4 Å². The predicted molar refractivity (Wildman–Crippen MR) is 89.7 cm³/mol. The molecule has 1 fully saturated rings. The van der Waals surface area contributed by atoms with Crippen LogP contribution in [0.5, 0.6) is 5.75 Å². The van der Waals surface area contributed by atoms with Gasteiger partial charge in [0.1, 0.15) is 5.01 Å². The average Bonchev–Trinajstić information content (AvgIpc) is 3.21. The quantitative estimate of drug-likeness (QED) is 0.834. The van der Waals surface area contributed by atoms with E-state index in [0.717, 1.165) is 35.5 Å². The zero-order valence-corrected chi connectivity index (χ0v) is 14.3. The number of halogens is 1. The molecule has 4 nitrogen and oxygen atoms in total. The maximum Gasteiger partial charge on any atom is 0.264 e. The molecule has 24 heavy (non-hydrogen) atoms. The van der Waals surface area contributed by atoms with Crippen molar-refractivity contribution in [3.05, 3.63) is 45.7 Å². The molecular formula is C18H19FN2O2S. The molecule has 1 aromatic heterocycles. The van der Waals surface area contributed by atoms with E-state index < -0.39 is 11.9 Å². The molecule has 2 atom stereocenters. The maximum absolute atomic E-state index is 13.9. The lowest BCUT2D eigenvalue weighted by Gasteiger charge is -2.35. The molecular weight excluding hydrogens is 327 g/mol. The van der Waals surface area contributed by atoms with Crippen LogP contribution in [0.1, 0.15) is 41.6 Å². The van der Waals surface area contributed by atoms with E-state index in [9.17, 15) is 9.18 Å². The summed E-state index contributed by atoms with van der Waals surface area (Å²) < 4.78 is 19.5. The summed E-state index contributed by atoms with van der Waals surface area (Å²) in [4.78, 5) is 19.5. The van der Waals surface area contributed by atoms with Crippen molar-refractivity contribution in [1.29, 1.82) is 0 Å². The number of hydrogen-bond donors (Lipinski definition) is 0. The van der Waals surface area contributed by atoms with Gasteiger partial charge in [-0.15, -0.1) is 11.3 Å². The summed E-state index contributed by atoms with van der Waals surface area (Å²) in [6.07, 6.45) is 2.81. The molecule has 2 aliphatic heterocycles. The SMILES string of the molecule is Cc1csc([C@@H]2CCCCN2C(=O)[C@@H]2Cc3cccc(F)c3O2)n1. The minimum Gasteiger partial charge on any atom is -0.477 e. The van der Waals surface area contributed by atoms with Gasteiger partial charge in [0.25, 0.3) is 5.91 Å². The van der Waals surface area contributed by atoms with Crippen LogP contribution < -0.4 is 4.74 Å². The Bertz CT molecular complexity index is 776. The third kappa shape index (κ3) is 2.69. The minimum absolute atomic E-state index is 0.0158. The number of nitrogens with zero attached hydrogens (tertiary/aromatic N) is 2. The van der Waals surface area contributed by atoms with Crippen LogP contribution in [0.2, 0.25) is 0 Å². The van der Waals surface area contributed by atoms with E-state index in [1.807, 2.05) is 23.3 Å². The molecule has 2 aromatic rings. The number of fused-ring (bicyclic) bond motifs is 1. The van der Waals surface area contributed by atoms with Gasteiger partial charge in [-0.25, -0.2) is 9.37 Å². The summed E-state index contributed by atoms with van der Waals surface area (Å²) in [5, 5.41) is 3.01. The molecule has 0 bridgehead atoms. The fourth-order valence-electron chi connectivity index (χ4n) is 3.53. The van der Waals surface area contributed by atoms with Crippen LogP contribution in [0, 0.1) is 12.7 Å². The number of piperidine rings is 1. The van der Waals surface area contributed by atoms with E-state index >= 15 is 0 Å². The third-order valence-electron chi connectivity index (χ3n) is 4.70. The number of aromatic nitrogens is 1. The summed E-state index contributed by atoms with van der Waals surface area (Å²) in [5.74, 6) is -0.216. The van der Waals surface area contributed by atoms with E-state index in [0.29, 0.717) is 13.0 Å².